The molecular weight excluding hydrogens is 1010 g/mol. The molecule has 0 N–H and O–H groups in total. The fourth-order valence-electron chi connectivity index (χ4n) is 16.5. The number of para-hydroxylation sites is 2. The molecule has 0 spiro atoms. The van der Waals surface area contributed by atoms with Crippen LogP contribution in [0.3, 0.4) is 0 Å². The summed E-state index contributed by atoms with van der Waals surface area (Å²) in [5.41, 5.74) is 33.1. The zero-order valence-corrected chi connectivity index (χ0v) is 45.3. The van der Waals surface area contributed by atoms with Crippen molar-refractivity contribution in [2.24, 2.45) is 0 Å². The van der Waals surface area contributed by atoms with Crippen molar-refractivity contribution in [3.8, 4) is 67.3 Å². The van der Waals surface area contributed by atoms with Gasteiger partial charge in [0, 0.05) is 76.9 Å². The highest BCUT2D eigenvalue weighted by atomic mass is 15.1. The molecule has 4 nitrogen and oxygen atoms in total. The van der Waals surface area contributed by atoms with Crippen molar-refractivity contribution in [2.75, 3.05) is 0 Å². The van der Waals surface area contributed by atoms with Gasteiger partial charge in [-0.1, -0.05) is 194 Å². The third-order valence-electron chi connectivity index (χ3n) is 19.9. The van der Waals surface area contributed by atoms with E-state index in [2.05, 4.69) is 285 Å². The molecule has 382 valence electrons. The number of benzene rings is 13. The first-order valence-electron chi connectivity index (χ1n) is 29.5. The molecule has 0 unspecified atom stereocenters. The first kappa shape index (κ1) is 43.9. The van der Waals surface area contributed by atoms with Gasteiger partial charge in [0.2, 0.25) is 0 Å². The molecule has 21 rings (SSSR count). The normalized spacial score (nSPS) is 13.2. The van der Waals surface area contributed by atoms with Gasteiger partial charge in [0.05, 0.1) is 33.1 Å². The Balaban J connectivity index is 0.903. The van der Waals surface area contributed by atoms with Crippen LogP contribution in [-0.4, -0.2) is 31.7 Å². The van der Waals surface area contributed by atoms with Gasteiger partial charge in [-0.2, -0.15) is 0 Å². The van der Waals surface area contributed by atoms with Gasteiger partial charge in [-0.15, -0.1) is 0 Å². The summed E-state index contributed by atoms with van der Waals surface area (Å²) in [6, 6.07) is 102. The van der Waals surface area contributed by atoms with Crippen molar-refractivity contribution in [3.05, 3.63) is 267 Å². The van der Waals surface area contributed by atoms with Gasteiger partial charge >= 0.3 is 0 Å². The molecule has 0 fully saturated rings. The predicted octanol–water partition coefficient (Wildman–Crippen LogP) is 15.0. The Kier molecular flexibility index (Phi) is 8.15. The summed E-state index contributed by atoms with van der Waals surface area (Å²) in [4.78, 5) is 0. The number of hydrogen-bond donors (Lipinski definition) is 0. The quantitative estimate of drug-likeness (QED) is 0.157. The summed E-state index contributed by atoms with van der Waals surface area (Å²) >= 11 is 0. The summed E-state index contributed by atoms with van der Waals surface area (Å²) in [6.45, 7) is -0.0938. The molecule has 4 aliphatic rings. The van der Waals surface area contributed by atoms with E-state index < -0.39 is 0 Å². The summed E-state index contributed by atoms with van der Waals surface area (Å²) in [5, 5.41) is 10.3. The summed E-state index contributed by atoms with van der Waals surface area (Å²) in [7, 11) is 0. The first-order chi connectivity index (χ1) is 41.7. The van der Waals surface area contributed by atoms with Gasteiger partial charge in [0.1, 0.15) is 0 Å². The number of fused-ring (bicyclic) bond motifs is 22. The van der Waals surface area contributed by atoms with Crippen LogP contribution in [0, 0.1) is 0 Å². The fraction of sp³-hybridized carbons (Fsp3) is 0. The third kappa shape index (κ3) is 5.39. The zero-order chi connectivity index (χ0) is 54.2. The van der Waals surface area contributed by atoms with E-state index >= 15 is 0 Å². The van der Waals surface area contributed by atoms with Crippen LogP contribution in [0.15, 0.2) is 267 Å². The second-order valence-electron chi connectivity index (χ2n) is 23.8. The number of nitrogens with zero attached hydrogens (tertiary/aromatic N) is 4. The Morgan fingerprint density at radius 1 is 0.190 bits per heavy atom. The Morgan fingerprint density at radius 3 is 0.833 bits per heavy atom. The van der Waals surface area contributed by atoms with Crippen LogP contribution in [0.25, 0.3) is 154 Å². The van der Waals surface area contributed by atoms with Crippen molar-refractivity contribution in [1.29, 1.82) is 0 Å². The van der Waals surface area contributed by atoms with E-state index in [1.807, 2.05) is 0 Å². The van der Waals surface area contributed by atoms with Crippen molar-refractivity contribution in [2.45, 2.75) is 0 Å². The molecule has 0 atom stereocenters. The minimum atomic E-state index is -0.0469. The molecule has 0 aliphatic carbocycles. The van der Waals surface area contributed by atoms with Crippen LogP contribution in [0.4, 0.5) is 0 Å². The average Bonchev–Trinajstić information content (AvgIpc) is 1.63. The highest BCUT2D eigenvalue weighted by molar-refractivity contribution is 7.02. The number of aromatic nitrogens is 4. The molecular formula is C78H44B2N4. The van der Waals surface area contributed by atoms with Crippen LogP contribution in [0.2, 0.25) is 0 Å². The predicted molar refractivity (Wildman–Crippen MR) is 355 cm³/mol. The molecule has 4 aromatic heterocycles. The number of hydrogen-bond acceptors (Lipinski definition) is 0. The molecule has 17 aromatic rings. The molecule has 6 heteroatoms. The van der Waals surface area contributed by atoms with Crippen LogP contribution in [0.1, 0.15) is 0 Å². The highest BCUT2D eigenvalue weighted by Crippen LogP contribution is 2.45. The Morgan fingerprint density at radius 2 is 0.500 bits per heavy atom. The molecule has 4 aliphatic heterocycles. The smallest absolute Gasteiger partial charge is 0.252 e. The lowest BCUT2D eigenvalue weighted by molar-refractivity contribution is 1.14. The lowest BCUT2D eigenvalue weighted by Gasteiger charge is -2.37. The van der Waals surface area contributed by atoms with Crippen LogP contribution >= 0.6 is 0 Å². The van der Waals surface area contributed by atoms with E-state index in [9.17, 15) is 0 Å². The molecule has 0 saturated carbocycles. The van der Waals surface area contributed by atoms with Gasteiger partial charge in [-0.3, -0.25) is 0 Å². The largest absolute Gasteiger partial charge is 0.310 e. The highest BCUT2D eigenvalue weighted by Gasteiger charge is 2.46. The molecule has 8 heterocycles. The SMILES string of the molecule is c1ccc(-c2ccc3c(c2)c2cccc4c2n3-c2ccc3c5cc(-c6ccccc6)ccc5n5c3c2B4c2cc3c(cc2-5)B2c4cccc5c6cc(-c7ccccc7)ccc6n(c45)-c4ccc5c6cc(-c7ccccc7)ccc6n-3c5c42)cc1. The lowest BCUT2D eigenvalue weighted by atomic mass is 9.32. The summed E-state index contributed by atoms with van der Waals surface area (Å²) < 4.78 is 10.6. The van der Waals surface area contributed by atoms with Gasteiger partial charge in [0.15, 0.2) is 0 Å². The fourth-order valence-corrected chi connectivity index (χ4v) is 16.5. The maximum Gasteiger partial charge on any atom is 0.252 e. The van der Waals surface area contributed by atoms with Crippen molar-refractivity contribution < 1.29 is 0 Å². The van der Waals surface area contributed by atoms with E-state index in [1.54, 1.807) is 0 Å². The van der Waals surface area contributed by atoms with Gasteiger partial charge in [-0.25, -0.2) is 0 Å². The van der Waals surface area contributed by atoms with E-state index in [1.165, 1.54) is 187 Å². The Bertz CT molecular complexity index is 5490. The maximum absolute atomic E-state index is 2.68. The maximum atomic E-state index is 2.68. The minimum absolute atomic E-state index is 0.0469. The van der Waals surface area contributed by atoms with E-state index in [0.717, 1.165) is 0 Å². The molecule has 0 radical (unpaired) electrons. The number of rotatable bonds is 4. The summed E-state index contributed by atoms with van der Waals surface area (Å²) in [5.74, 6) is 0. The molecule has 0 amide bonds. The van der Waals surface area contributed by atoms with E-state index in [4.69, 9.17) is 0 Å². The van der Waals surface area contributed by atoms with Crippen LogP contribution in [-0.2, 0) is 0 Å². The monoisotopic (exact) mass is 1060 g/mol. The third-order valence-corrected chi connectivity index (χ3v) is 19.9. The molecule has 0 saturated heterocycles. The zero-order valence-electron chi connectivity index (χ0n) is 45.3. The average molecular weight is 1060 g/mol. The van der Waals surface area contributed by atoms with Crippen molar-refractivity contribution >= 4 is 133 Å². The van der Waals surface area contributed by atoms with Crippen LogP contribution < -0.4 is 32.8 Å². The van der Waals surface area contributed by atoms with Crippen molar-refractivity contribution in [1.82, 2.24) is 18.3 Å². The van der Waals surface area contributed by atoms with E-state index in [-0.39, 0.29) is 13.4 Å². The minimum Gasteiger partial charge on any atom is -0.310 e. The standard InChI is InChI=1S/C78H44B2N4/c1-5-15-45(16-6-1)49-27-33-65-57(39-49)53-23-13-25-61-75(53)81(65)69-37-31-55-59-41-51(47-19-9-3-10-20-47)29-35-67(59)83-71-44-64-72(43-63(71)79(61)73(69)77(55)83)84-68-36-30-52(48-21-11-4-12-22-48)42-60(68)56-32-38-70-74(78(56)84)80(64)62-26-14-24-54-58-40-50(46-17-7-2-8-18-46)28-34-66(58)82(70)76(54)62/h1-44H. The second kappa shape index (κ2) is 15.6. The van der Waals surface area contributed by atoms with Crippen molar-refractivity contribution in [3.63, 3.8) is 0 Å². The second-order valence-corrected chi connectivity index (χ2v) is 23.8. The van der Waals surface area contributed by atoms with E-state index in [0.29, 0.717) is 0 Å². The summed E-state index contributed by atoms with van der Waals surface area (Å²) in [6.07, 6.45) is 0. The van der Waals surface area contributed by atoms with Gasteiger partial charge in [-0.05, 0) is 150 Å². The topological polar surface area (TPSA) is 19.7 Å². The Labute approximate surface area is 483 Å². The van der Waals surface area contributed by atoms with Crippen LogP contribution in [0.5, 0.6) is 0 Å². The molecule has 13 aromatic carbocycles. The Hall–Kier alpha value is -10.8. The lowest BCUT2D eigenvalue weighted by Crippen LogP contribution is -2.62. The van der Waals surface area contributed by atoms with Gasteiger partial charge in [0.25, 0.3) is 13.4 Å². The van der Waals surface area contributed by atoms with Gasteiger partial charge < -0.3 is 18.3 Å². The molecule has 84 heavy (non-hydrogen) atoms. The molecule has 0 bridgehead atoms. The first-order valence-corrected chi connectivity index (χ1v) is 29.5.